The van der Waals surface area contributed by atoms with E-state index in [1.54, 1.807) is 12.3 Å². The molecule has 0 bridgehead atoms. The molecule has 116 valence electrons. The van der Waals surface area contributed by atoms with Gasteiger partial charge in [-0.2, -0.15) is 0 Å². The number of hydrogen-bond donors (Lipinski definition) is 0. The fraction of sp³-hybridized carbons (Fsp3) is 0.222. The molecule has 4 rings (SSSR count). The van der Waals surface area contributed by atoms with E-state index in [-0.39, 0.29) is 11.7 Å². The van der Waals surface area contributed by atoms with Crippen molar-refractivity contribution in [1.29, 1.82) is 0 Å². The minimum atomic E-state index is -0.311. The van der Waals surface area contributed by atoms with Crippen LogP contribution in [-0.2, 0) is 12.8 Å². The van der Waals surface area contributed by atoms with Gasteiger partial charge in [0.15, 0.2) is 0 Å². The smallest absolute Gasteiger partial charge is 0.245 e. The molecule has 23 heavy (non-hydrogen) atoms. The molecule has 1 atom stereocenters. The van der Waals surface area contributed by atoms with E-state index in [9.17, 15) is 4.39 Å². The molecule has 1 aliphatic carbocycles. The number of halogens is 2. The molecule has 1 aromatic carbocycles. The standard InChI is InChI=1S/C18H14ClFN2O/c19-14-10-12(20)5-6-13(14)11-4-7-17-16(9-11)22-18(23-17)15-3-1-2-8-21-15/h1-3,5-6,8,10-11H,4,7,9H2/t11-/m0/s1. The number of oxazole rings is 1. The highest BCUT2D eigenvalue weighted by Crippen LogP contribution is 2.37. The van der Waals surface area contributed by atoms with Crippen LogP contribution in [0.15, 0.2) is 47.0 Å². The van der Waals surface area contributed by atoms with Gasteiger partial charge in [-0.05, 0) is 42.2 Å². The Morgan fingerprint density at radius 3 is 2.91 bits per heavy atom. The Labute approximate surface area is 138 Å². The summed E-state index contributed by atoms with van der Waals surface area (Å²) >= 11 is 6.20. The Hall–Kier alpha value is -2.20. The van der Waals surface area contributed by atoms with Crippen molar-refractivity contribution in [3.05, 3.63) is 70.5 Å². The van der Waals surface area contributed by atoms with Gasteiger partial charge in [0.25, 0.3) is 0 Å². The van der Waals surface area contributed by atoms with Crippen LogP contribution in [0.2, 0.25) is 5.02 Å². The van der Waals surface area contributed by atoms with Gasteiger partial charge in [-0.3, -0.25) is 4.98 Å². The fourth-order valence-corrected chi connectivity index (χ4v) is 3.40. The van der Waals surface area contributed by atoms with Crippen molar-refractivity contribution in [2.24, 2.45) is 0 Å². The predicted molar refractivity (Wildman–Crippen MR) is 85.9 cm³/mol. The summed E-state index contributed by atoms with van der Waals surface area (Å²) in [5.74, 6) is 1.40. The van der Waals surface area contributed by atoms with Crippen molar-refractivity contribution in [3.8, 4) is 11.6 Å². The summed E-state index contributed by atoms with van der Waals surface area (Å²) in [6, 6.07) is 10.2. The lowest BCUT2D eigenvalue weighted by atomic mass is 9.85. The molecule has 0 N–H and O–H groups in total. The largest absolute Gasteiger partial charge is 0.440 e. The zero-order valence-electron chi connectivity index (χ0n) is 12.3. The number of pyridine rings is 1. The first-order chi connectivity index (χ1) is 11.2. The highest BCUT2D eigenvalue weighted by molar-refractivity contribution is 6.31. The van der Waals surface area contributed by atoms with E-state index in [2.05, 4.69) is 9.97 Å². The molecule has 0 saturated carbocycles. The average Bonchev–Trinajstić information content (AvgIpc) is 2.99. The Bertz CT molecular complexity index is 847. The SMILES string of the molecule is Fc1ccc([C@H]2CCc3oc(-c4ccccn4)nc3C2)c(Cl)c1. The van der Waals surface area contributed by atoms with E-state index < -0.39 is 0 Å². The molecule has 0 unspecified atom stereocenters. The van der Waals surface area contributed by atoms with Crippen molar-refractivity contribution in [2.75, 3.05) is 0 Å². The van der Waals surface area contributed by atoms with E-state index >= 15 is 0 Å². The van der Waals surface area contributed by atoms with Gasteiger partial charge in [0.1, 0.15) is 17.3 Å². The second-order valence-corrected chi connectivity index (χ2v) is 6.12. The van der Waals surface area contributed by atoms with Gasteiger partial charge >= 0.3 is 0 Å². The fourth-order valence-electron chi connectivity index (χ4n) is 3.08. The minimum absolute atomic E-state index is 0.234. The van der Waals surface area contributed by atoms with Crippen LogP contribution in [0, 0.1) is 5.82 Å². The van der Waals surface area contributed by atoms with Crippen molar-refractivity contribution < 1.29 is 8.81 Å². The summed E-state index contributed by atoms with van der Waals surface area (Å²) in [7, 11) is 0. The maximum absolute atomic E-state index is 13.2. The summed E-state index contributed by atoms with van der Waals surface area (Å²) in [5.41, 5.74) is 2.65. The second-order valence-electron chi connectivity index (χ2n) is 5.71. The molecule has 2 heterocycles. The van der Waals surface area contributed by atoms with Crippen LogP contribution >= 0.6 is 11.6 Å². The summed E-state index contributed by atoms with van der Waals surface area (Å²) in [6.07, 6.45) is 4.18. The van der Waals surface area contributed by atoms with E-state index in [4.69, 9.17) is 16.0 Å². The van der Waals surface area contributed by atoms with Crippen LogP contribution < -0.4 is 0 Å². The summed E-state index contributed by atoms with van der Waals surface area (Å²) < 4.78 is 19.1. The Balaban J connectivity index is 1.63. The zero-order valence-corrected chi connectivity index (χ0v) is 13.1. The maximum Gasteiger partial charge on any atom is 0.245 e. The summed E-state index contributed by atoms with van der Waals surface area (Å²) in [5, 5.41) is 0.479. The Morgan fingerprint density at radius 1 is 1.22 bits per heavy atom. The van der Waals surface area contributed by atoms with Gasteiger partial charge < -0.3 is 4.42 Å². The lowest BCUT2D eigenvalue weighted by Gasteiger charge is -2.21. The van der Waals surface area contributed by atoms with Crippen molar-refractivity contribution in [3.63, 3.8) is 0 Å². The third-order valence-electron chi connectivity index (χ3n) is 4.22. The minimum Gasteiger partial charge on any atom is -0.440 e. The topological polar surface area (TPSA) is 38.9 Å². The monoisotopic (exact) mass is 328 g/mol. The molecular weight excluding hydrogens is 315 g/mol. The van der Waals surface area contributed by atoms with Gasteiger partial charge in [0, 0.05) is 24.1 Å². The van der Waals surface area contributed by atoms with Crippen LogP contribution in [0.5, 0.6) is 0 Å². The van der Waals surface area contributed by atoms with Crippen molar-refractivity contribution in [1.82, 2.24) is 9.97 Å². The molecular formula is C18H14ClFN2O. The van der Waals surface area contributed by atoms with E-state index in [1.807, 2.05) is 18.2 Å². The summed E-state index contributed by atoms with van der Waals surface area (Å²) in [4.78, 5) is 8.87. The number of aryl methyl sites for hydroxylation is 1. The molecule has 0 spiro atoms. The van der Waals surface area contributed by atoms with Crippen LogP contribution in [-0.4, -0.2) is 9.97 Å². The van der Waals surface area contributed by atoms with Crippen LogP contribution in [0.4, 0.5) is 4.39 Å². The normalized spacial score (nSPS) is 17.0. The molecule has 0 aliphatic heterocycles. The van der Waals surface area contributed by atoms with Crippen molar-refractivity contribution in [2.45, 2.75) is 25.2 Å². The first kappa shape index (κ1) is 14.4. The van der Waals surface area contributed by atoms with Gasteiger partial charge in [-0.1, -0.05) is 23.7 Å². The van der Waals surface area contributed by atoms with Gasteiger partial charge in [-0.25, -0.2) is 9.37 Å². The molecule has 3 nitrogen and oxygen atoms in total. The van der Waals surface area contributed by atoms with Gasteiger partial charge in [0.05, 0.1) is 5.69 Å². The lowest BCUT2D eigenvalue weighted by Crippen LogP contribution is -2.12. The molecule has 0 saturated heterocycles. The highest BCUT2D eigenvalue weighted by Gasteiger charge is 2.27. The van der Waals surface area contributed by atoms with Gasteiger partial charge in [0.2, 0.25) is 5.89 Å². The first-order valence-electron chi connectivity index (χ1n) is 7.55. The molecule has 3 aromatic rings. The van der Waals surface area contributed by atoms with Crippen LogP contribution in [0.1, 0.15) is 29.4 Å². The Kier molecular flexibility index (Phi) is 3.62. The molecule has 0 amide bonds. The second kappa shape index (κ2) is 5.78. The number of aromatic nitrogens is 2. The first-order valence-corrected chi connectivity index (χ1v) is 7.93. The predicted octanol–water partition coefficient (Wildman–Crippen LogP) is 4.80. The van der Waals surface area contributed by atoms with Crippen molar-refractivity contribution >= 4 is 11.6 Å². The lowest BCUT2D eigenvalue weighted by molar-refractivity contribution is 0.464. The molecule has 5 heteroatoms. The van der Waals surface area contributed by atoms with Crippen LogP contribution in [0.3, 0.4) is 0 Å². The van der Waals surface area contributed by atoms with Gasteiger partial charge in [-0.15, -0.1) is 0 Å². The molecule has 1 aliphatic rings. The average molecular weight is 329 g/mol. The van der Waals surface area contributed by atoms with E-state index in [0.717, 1.165) is 42.0 Å². The van der Waals surface area contributed by atoms with E-state index in [1.165, 1.54) is 12.1 Å². The molecule has 0 radical (unpaired) electrons. The number of fused-ring (bicyclic) bond motifs is 1. The molecule has 0 fully saturated rings. The third-order valence-corrected chi connectivity index (χ3v) is 4.55. The maximum atomic E-state index is 13.2. The quantitative estimate of drug-likeness (QED) is 0.678. The number of rotatable bonds is 2. The molecule has 2 aromatic heterocycles. The highest BCUT2D eigenvalue weighted by atomic mass is 35.5. The number of hydrogen-bond acceptors (Lipinski definition) is 3. The van der Waals surface area contributed by atoms with E-state index in [0.29, 0.717) is 10.9 Å². The summed E-state index contributed by atoms with van der Waals surface area (Å²) in [6.45, 7) is 0. The van der Waals surface area contributed by atoms with Crippen LogP contribution in [0.25, 0.3) is 11.6 Å². The zero-order chi connectivity index (χ0) is 15.8. The number of nitrogens with zero attached hydrogens (tertiary/aromatic N) is 2. The number of benzene rings is 1. The Morgan fingerprint density at radius 2 is 2.13 bits per heavy atom. The third kappa shape index (κ3) is 2.75.